The van der Waals surface area contributed by atoms with Crippen molar-refractivity contribution in [3.05, 3.63) is 65.2 Å². The van der Waals surface area contributed by atoms with Crippen molar-refractivity contribution in [1.29, 1.82) is 0 Å². The Bertz CT molecular complexity index is 832. The van der Waals surface area contributed by atoms with Crippen LogP contribution < -0.4 is 10.1 Å². The van der Waals surface area contributed by atoms with Gasteiger partial charge in [-0.2, -0.15) is 0 Å². The van der Waals surface area contributed by atoms with Crippen molar-refractivity contribution in [3.63, 3.8) is 0 Å². The van der Waals surface area contributed by atoms with Crippen LogP contribution in [0.15, 0.2) is 48.5 Å². The highest BCUT2D eigenvalue weighted by molar-refractivity contribution is 5.83. The number of likely N-dealkylation sites (tertiary alicyclic amines) is 1. The molecule has 5 nitrogen and oxygen atoms in total. The predicted octanol–water partition coefficient (Wildman–Crippen LogP) is 3.14. The molecule has 2 amide bonds. The standard InChI is InChI=1S/C24H30N2O3/c1-18-5-3-4-6-20(18)13-15-25-24(28)21-9-12-23(27)26(17-21)16-14-19-7-10-22(29-2)11-8-19/h3-8,10-11,21H,9,12-17H2,1-2H3,(H,25,28)/t21-/m0/s1. The number of hydrogen-bond acceptors (Lipinski definition) is 3. The highest BCUT2D eigenvalue weighted by Gasteiger charge is 2.29. The summed E-state index contributed by atoms with van der Waals surface area (Å²) >= 11 is 0. The number of methoxy groups -OCH3 is 1. The molecule has 1 aliphatic heterocycles. The van der Waals surface area contributed by atoms with E-state index in [0.717, 1.165) is 24.2 Å². The Hall–Kier alpha value is -2.82. The topological polar surface area (TPSA) is 58.6 Å². The van der Waals surface area contributed by atoms with Crippen LogP contribution in [0, 0.1) is 12.8 Å². The summed E-state index contributed by atoms with van der Waals surface area (Å²) in [6.07, 6.45) is 2.68. The van der Waals surface area contributed by atoms with Gasteiger partial charge in [0, 0.05) is 26.1 Å². The van der Waals surface area contributed by atoms with E-state index in [1.807, 2.05) is 41.3 Å². The summed E-state index contributed by atoms with van der Waals surface area (Å²) in [7, 11) is 1.65. The van der Waals surface area contributed by atoms with Gasteiger partial charge in [0.2, 0.25) is 11.8 Å². The highest BCUT2D eigenvalue weighted by Crippen LogP contribution is 2.19. The molecule has 1 aliphatic rings. The molecular formula is C24H30N2O3. The van der Waals surface area contributed by atoms with Gasteiger partial charge in [0.25, 0.3) is 0 Å². The molecule has 5 heteroatoms. The van der Waals surface area contributed by atoms with Crippen LogP contribution in [0.1, 0.15) is 29.5 Å². The van der Waals surface area contributed by atoms with Gasteiger partial charge in [-0.3, -0.25) is 9.59 Å². The Labute approximate surface area is 173 Å². The monoisotopic (exact) mass is 394 g/mol. The molecule has 1 N–H and O–H groups in total. The molecule has 0 spiro atoms. The summed E-state index contributed by atoms with van der Waals surface area (Å²) in [6.45, 7) is 3.86. The molecule has 1 heterocycles. The quantitative estimate of drug-likeness (QED) is 0.748. The molecule has 2 aromatic rings. The molecule has 0 aliphatic carbocycles. The number of ether oxygens (including phenoxy) is 1. The molecule has 3 rings (SSSR count). The van der Waals surface area contributed by atoms with Gasteiger partial charge >= 0.3 is 0 Å². The molecule has 2 aromatic carbocycles. The molecule has 1 fully saturated rings. The maximum atomic E-state index is 12.6. The average Bonchev–Trinajstić information content (AvgIpc) is 2.74. The second-order valence-corrected chi connectivity index (χ2v) is 7.64. The largest absolute Gasteiger partial charge is 0.497 e. The number of carbonyl (C=O) groups is 2. The number of nitrogens with zero attached hydrogens (tertiary/aromatic N) is 1. The fraction of sp³-hybridized carbons (Fsp3) is 0.417. The van der Waals surface area contributed by atoms with Crippen molar-refractivity contribution in [2.45, 2.75) is 32.6 Å². The summed E-state index contributed by atoms with van der Waals surface area (Å²) in [5.74, 6) is 0.897. The third-order valence-corrected chi connectivity index (χ3v) is 5.66. The van der Waals surface area contributed by atoms with E-state index < -0.39 is 0 Å². The van der Waals surface area contributed by atoms with Crippen molar-refractivity contribution in [2.75, 3.05) is 26.7 Å². The summed E-state index contributed by atoms with van der Waals surface area (Å²) in [6, 6.07) is 16.1. The first-order valence-corrected chi connectivity index (χ1v) is 10.3. The smallest absolute Gasteiger partial charge is 0.224 e. The maximum absolute atomic E-state index is 12.6. The van der Waals surface area contributed by atoms with E-state index in [1.54, 1.807) is 7.11 Å². The minimum absolute atomic E-state index is 0.0560. The first-order valence-electron chi connectivity index (χ1n) is 10.3. The van der Waals surface area contributed by atoms with Crippen LogP contribution in [-0.2, 0) is 22.4 Å². The van der Waals surface area contributed by atoms with E-state index in [2.05, 4.69) is 24.4 Å². The zero-order valence-electron chi connectivity index (χ0n) is 17.3. The van der Waals surface area contributed by atoms with Crippen LogP contribution in [0.4, 0.5) is 0 Å². The minimum atomic E-state index is -0.125. The van der Waals surface area contributed by atoms with Gasteiger partial charge in [-0.05, 0) is 55.0 Å². The summed E-state index contributed by atoms with van der Waals surface area (Å²) in [4.78, 5) is 26.7. The van der Waals surface area contributed by atoms with Crippen LogP contribution in [0.25, 0.3) is 0 Å². The first kappa shape index (κ1) is 20.9. The van der Waals surface area contributed by atoms with Crippen molar-refractivity contribution < 1.29 is 14.3 Å². The van der Waals surface area contributed by atoms with Gasteiger partial charge in [-0.1, -0.05) is 36.4 Å². The number of piperidine rings is 1. The normalized spacial score (nSPS) is 16.6. The highest BCUT2D eigenvalue weighted by atomic mass is 16.5. The van der Waals surface area contributed by atoms with Crippen molar-refractivity contribution in [2.24, 2.45) is 5.92 Å². The molecule has 0 bridgehead atoms. The second kappa shape index (κ2) is 10.1. The second-order valence-electron chi connectivity index (χ2n) is 7.64. The van der Waals surface area contributed by atoms with E-state index >= 15 is 0 Å². The average molecular weight is 395 g/mol. The molecule has 1 atom stereocenters. The van der Waals surface area contributed by atoms with Crippen LogP contribution in [0.3, 0.4) is 0 Å². The predicted molar refractivity (Wildman–Crippen MR) is 114 cm³/mol. The zero-order chi connectivity index (χ0) is 20.6. The lowest BCUT2D eigenvalue weighted by Crippen LogP contribution is -2.46. The lowest BCUT2D eigenvalue weighted by Gasteiger charge is -2.32. The molecule has 0 radical (unpaired) electrons. The number of aryl methyl sites for hydroxylation is 1. The Morgan fingerprint density at radius 1 is 1.14 bits per heavy atom. The summed E-state index contributed by atoms with van der Waals surface area (Å²) < 4.78 is 5.18. The number of hydrogen-bond donors (Lipinski definition) is 1. The van der Waals surface area contributed by atoms with E-state index in [-0.39, 0.29) is 17.7 Å². The van der Waals surface area contributed by atoms with Gasteiger partial charge in [0.1, 0.15) is 5.75 Å². The van der Waals surface area contributed by atoms with Crippen molar-refractivity contribution in [3.8, 4) is 5.75 Å². The lowest BCUT2D eigenvalue weighted by molar-refractivity contribution is -0.138. The number of nitrogens with one attached hydrogen (secondary N) is 1. The number of carbonyl (C=O) groups excluding carboxylic acids is 2. The van der Waals surface area contributed by atoms with Crippen LogP contribution in [0.5, 0.6) is 5.75 Å². The number of rotatable bonds is 8. The third kappa shape index (κ3) is 5.83. The SMILES string of the molecule is COc1ccc(CCN2C[C@@H](C(=O)NCCc3ccccc3C)CCC2=O)cc1. The Morgan fingerprint density at radius 2 is 1.90 bits per heavy atom. The van der Waals surface area contributed by atoms with E-state index in [1.165, 1.54) is 11.1 Å². The van der Waals surface area contributed by atoms with Gasteiger partial charge in [0.05, 0.1) is 13.0 Å². The van der Waals surface area contributed by atoms with Gasteiger partial charge < -0.3 is 15.0 Å². The van der Waals surface area contributed by atoms with Crippen LogP contribution in [-0.4, -0.2) is 43.5 Å². The first-order chi connectivity index (χ1) is 14.1. The van der Waals surface area contributed by atoms with Gasteiger partial charge in [0.15, 0.2) is 0 Å². The Kier molecular flexibility index (Phi) is 7.28. The lowest BCUT2D eigenvalue weighted by atomic mass is 9.96. The Balaban J connectivity index is 1.47. The molecule has 29 heavy (non-hydrogen) atoms. The number of benzene rings is 2. The molecule has 0 aromatic heterocycles. The van der Waals surface area contributed by atoms with E-state index in [0.29, 0.717) is 32.5 Å². The zero-order valence-corrected chi connectivity index (χ0v) is 17.3. The van der Waals surface area contributed by atoms with Crippen LogP contribution in [0.2, 0.25) is 0 Å². The molecule has 0 saturated carbocycles. The fourth-order valence-electron chi connectivity index (χ4n) is 3.76. The molecule has 1 saturated heterocycles. The molecule has 0 unspecified atom stereocenters. The van der Waals surface area contributed by atoms with Gasteiger partial charge in [-0.15, -0.1) is 0 Å². The molecular weight excluding hydrogens is 364 g/mol. The summed E-state index contributed by atoms with van der Waals surface area (Å²) in [5.41, 5.74) is 3.66. The molecule has 154 valence electrons. The fourth-order valence-corrected chi connectivity index (χ4v) is 3.76. The maximum Gasteiger partial charge on any atom is 0.224 e. The van der Waals surface area contributed by atoms with Crippen molar-refractivity contribution >= 4 is 11.8 Å². The van der Waals surface area contributed by atoms with Crippen LogP contribution >= 0.6 is 0 Å². The Morgan fingerprint density at radius 3 is 2.62 bits per heavy atom. The van der Waals surface area contributed by atoms with E-state index in [4.69, 9.17) is 4.74 Å². The van der Waals surface area contributed by atoms with Gasteiger partial charge in [-0.25, -0.2) is 0 Å². The third-order valence-electron chi connectivity index (χ3n) is 5.66. The summed E-state index contributed by atoms with van der Waals surface area (Å²) in [5, 5.41) is 3.06. The number of amides is 2. The van der Waals surface area contributed by atoms with Crippen molar-refractivity contribution in [1.82, 2.24) is 10.2 Å². The minimum Gasteiger partial charge on any atom is -0.497 e. The van der Waals surface area contributed by atoms with E-state index in [9.17, 15) is 9.59 Å².